The van der Waals surface area contributed by atoms with Crippen LogP contribution in [0.4, 0.5) is 17.5 Å². The molecule has 3 rings (SSSR count). The average molecular weight is 440 g/mol. The quantitative estimate of drug-likeness (QED) is 0.611. The highest BCUT2D eigenvalue weighted by Gasteiger charge is 2.15. The number of anilines is 3. The number of aromatic nitrogens is 2. The Morgan fingerprint density at radius 1 is 1.08 bits per heavy atom. The first-order valence-electron chi connectivity index (χ1n) is 8.61. The van der Waals surface area contributed by atoms with Crippen molar-refractivity contribution < 1.29 is 8.42 Å². The Kier molecular flexibility index (Phi) is 6.10. The molecule has 0 bridgehead atoms. The second kappa shape index (κ2) is 8.32. The minimum Gasteiger partial charge on any atom is -0.366 e. The van der Waals surface area contributed by atoms with Gasteiger partial charge in [0.05, 0.1) is 9.37 Å². The van der Waals surface area contributed by atoms with Crippen molar-refractivity contribution in [2.75, 3.05) is 10.6 Å². The molecule has 1 aromatic heterocycles. The van der Waals surface area contributed by atoms with Crippen LogP contribution in [0.25, 0.3) is 0 Å². The summed E-state index contributed by atoms with van der Waals surface area (Å²) in [4.78, 5) is 8.87. The fraction of sp³-hybridized carbons (Fsp3) is 0.412. The molecule has 4 N–H and O–H groups in total. The lowest BCUT2D eigenvalue weighted by atomic mass is 10.1. The van der Waals surface area contributed by atoms with Gasteiger partial charge in [-0.3, -0.25) is 0 Å². The zero-order chi connectivity index (χ0) is 18.6. The molecule has 1 fully saturated rings. The molecular weight excluding hydrogens is 418 g/mol. The van der Waals surface area contributed by atoms with E-state index in [2.05, 4.69) is 36.5 Å². The van der Waals surface area contributed by atoms with Gasteiger partial charge in [-0.25, -0.2) is 18.5 Å². The summed E-state index contributed by atoms with van der Waals surface area (Å²) in [5.74, 6) is 1.20. The molecule has 9 heteroatoms. The summed E-state index contributed by atoms with van der Waals surface area (Å²) in [7, 11) is -3.70. The molecule has 0 amide bonds. The molecule has 1 heterocycles. The molecule has 7 nitrogen and oxygen atoms in total. The summed E-state index contributed by atoms with van der Waals surface area (Å²) in [6.45, 7) is 0. The van der Waals surface area contributed by atoms with Gasteiger partial charge in [-0.15, -0.1) is 0 Å². The maximum Gasteiger partial charge on any atom is 0.238 e. The summed E-state index contributed by atoms with van der Waals surface area (Å²) >= 11 is 3.50. The summed E-state index contributed by atoms with van der Waals surface area (Å²) in [5, 5.41) is 11.7. The molecule has 1 aliphatic rings. The van der Waals surface area contributed by atoms with Crippen LogP contribution in [0, 0.1) is 0 Å². The predicted octanol–water partition coefficient (Wildman–Crippen LogP) is 3.76. The van der Waals surface area contributed by atoms with Gasteiger partial charge in [-0.05, 0) is 53.0 Å². The van der Waals surface area contributed by atoms with Crippen molar-refractivity contribution in [1.82, 2.24) is 9.97 Å². The number of hydrogen-bond donors (Lipinski definition) is 3. The average Bonchev–Trinajstić information content (AvgIpc) is 2.86. The van der Waals surface area contributed by atoms with Crippen molar-refractivity contribution in [2.24, 2.45) is 5.14 Å². The predicted molar refractivity (Wildman–Crippen MR) is 106 cm³/mol. The van der Waals surface area contributed by atoms with E-state index in [9.17, 15) is 8.42 Å². The van der Waals surface area contributed by atoms with E-state index < -0.39 is 10.0 Å². The lowest BCUT2D eigenvalue weighted by Gasteiger charge is -2.18. The van der Waals surface area contributed by atoms with Gasteiger partial charge in [0.25, 0.3) is 0 Å². The summed E-state index contributed by atoms with van der Waals surface area (Å²) in [5.41, 5.74) is 0.681. The maximum absolute atomic E-state index is 11.3. The van der Waals surface area contributed by atoms with E-state index in [0.717, 1.165) is 23.1 Å². The monoisotopic (exact) mass is 439 g/mol. The van der Waals surface area contributed by atoms with Crippen molar-refractivity contribution >= 4 is 43.4 Å². The molecule has 0 atom stereocenters. The minimum atomic E-state index is -3.70. The molecule has 0 radical (unpaired) electrons. The van der Waals surface area contributed by atoms with Crippen LogP contribution in [0.3, 0.4) is 0 Å². The van der Waals surface area contributed by atoms with E-state index in [0.29, 0.717) is 17.7 Å². The Morgan fingerprint density at radius 3 is 2.35 bits per heavy atom. The van der Waals surface area contributed by atoms with E-state index in [1.54, 1.807) is 18.3 Å². The van der Waals surface area contributed by atoms with Gasteiger partial charge >= 0.3 is 0 Å². The van der Waals surface area contributed by atoms with Crippen molar-refractivity contribution in [1.29, 1.82) is 0 Å². The first-order chi connectivity index (χ1) is 12.4. The SMILES string of the molecule is NS(=O)(=O)c1ccc(Nc2ncc(Br)c(NC3CCCCCC3)n2)cc1. The molecular formula is C17H22BrN5O2S. The number of nitrogens with two attached hydrogens (primary N) is 1. The van der Waals surface area contributed by atoms with Crippen molar-refractivity contribution in [3.8, 4) is 0 Å². The molecule has 140 valence electrons. The number of halogens is 1. The molecule has 26 heavy (non-hydrogen) atoms. The Balaban J connectivity index is 1.72. The summed E-state index contributed by atoms with van der Waals surface area (Å²) < 4.78 is 23.5. The fourth-order valence-electron chi connectivity index (χ4n) is 3.00. The van der Waals surface area contributed by atoms with Gasteiger partial charge < -0.3 is 10.6 Å². The van der Waals surface area contributed by atoms with Crippen LogP contribution in [-0.4, -0.2) is 24.4 Å². The number of rotatable bonds is 5. The van der Waals surface area contributed by atoms with Crippen molar-refractivity contribution in [3.05, 3.63) is 34.9 Å². The van der Waals surface area contributed by atoms with Crippen LogP contribution in [0.15, 0.2) is 39.8 Å². The van der Waals surface area contributed by atoms with Crippen LogP contribution in [-0.2, 0) is 10.0 Å². The van der Waals surface area contributed by atoms with Gasteiger partial charge in [0, 0.05) is 17.9 Å². The minimum absolute atomic E-state index is 0.0653. The molecule has 2 aromatic rings. The molecule has 0 aliphatic heterocycles. The number of sulfonamides is 1. The highest BCUT2D eigenvalue weighted by Crippen LogP contribution is 2.26. The maximum atomic E-state index is 11.3. The number of hydrogen-bond acceptors (Lipinski definition) is 6. The highest BCUT2D eigenvalue weighted by atomic mass is 79.9. The van der Waals surface area contributed by atoms with Crippen molar-refractivity contribution in [2.45, 2.75) is 49.5 Å². The second-order valence-corrected chi connectivity index (χ2v) is 8.83. The lowest BCUT2D eigenvalue weighted by molar-refractivity contribution is 0.598. The topological polar surface area (TPSA) is 110 Å². The van der Waals surface area contributed by atoms with E-state index in [1.165, 1.54) is 37.8 Å². The fourth-order valence-corrected chi connectivity index (χ4v) is 3.82. The number of primary sulfonamides is 1. The highest BCUT2D eigenvalue weighted by molar-refractivity contribution is 9.10. The van der Waals surface area contributed by atoms with E-state index in [4.69, 9.17) is 5.14 Å². The van der Waals surface area contributed by atoms with Crippen molar-refractivity contribution in [3.63, 3.8) is 0 Å². The molecule has 1 aliphatic carbocycles. The smallest absolute Gasteiger partial charge is 0.238 e. The van der Waals surface area contributed by atoms with Gasteiger partial charge in [-0.1, -0.05) is 25.7 Å². The van der Waals surface area contributed by atoms with Crippen LogP contribution >= 0.6 is 15.9 Å². The third kappa shape index (κ3) is 5.15. The molecule has 1 aromatic carbocycles. The Bertz CT molecular complexity index is 850. The summed E-state index contributed by atoms with van der Waals surface area (Å²) in [6, 6.07) is 6.57. The van der Waals surface area contributed by atoms with Gasteiger partial charge in [0.1, 0.15) is 5.82 Å². The van der Waals surface area contributed by atoms with E-state index in [1.807, 2.05) is 0 Å². The first kappa shape index (κ1) is 19.1. The van der Waals surface area contributed by atoms with Gasteiger partial charge in [0.15, 0.2) is 0 Å². The Morgan fingerprint density at radius 2 is 1.73 bits per heavy atom. The normalized spacial score (nSPS) is 16.1. The Hall–Kier alpha value is -1.71. The van der Waals surface area contributed by atoms with E-state index in [-0.39, 0.29) is 4.90 Å². The van der Waals surface area contributed by atoms with Gasteiger partial charge in [0.2, 0.25) is 16.0 Å². The zero-order valence-corrected chi connectivity index (χ0v) is 16.7. The lowest BCUT2D eigenvalue weighted by Crippen LogP contribution is -2.19. The Labute approximate surface area is 162 Å². The molecule has 1 saturated carbocycles. The van der Waals surface area contributed by atoms with Crippen LogP contribution in [0.2, 0.25) is 0 Å². The third-order valence-electron chi connectivity index (χ3n) is 4.38. The molecule has 0 spiro atoms. The number of benzene rings is 1. The largest absolute Gasteiger partial charge is 0.366 e. The first-order valence-corrected chi connectivity index (χ1v) is 10.9. The number of nitrogens with one attached hydrogen (secondary N) is 2. The standard InChI is InChI=1S/C17H22BrN5O2S/c18-15-11-20-17(22-13-7-9-14(10-8-13)26(19,24)25)23-16(15)21-12-5-3-1-2-4-6-12/h7-12H,1-6H2,(H2,19,24,25)(H2,20,21,22,23). The zero-order valence-electron chi connectivity index (χ0n) is 14.3. The molecule has 0 unspecified atom stereocenters. The second-order valence-electron chi connectivity index (χ2n) is 6.42. The molecule has 0 saturated heterocycles. The van der Waals surface area contributed by atoms with Gasteiger partial charge in [-0.2, -0.15) is 4.98 Å². The van der Waals surface area contributed by atoms with Crippen LogP contribution in [0.1, 0.15) is 38.5 Å². The van der Waals surface area contributed by atoms with E-state index >= 15 is 0 Å². The third-order valence-corrected chi connectivity index (χ3v) is 5.89. The summed E-state index contributed by atoms with van der Waals surface area (Å²) in [6.07, 6.45) is 9.06. The van der Waals surface area contributed by atoms with Crippen LogP contribution < -0.4 is 15.8 Å². The number of nitrogens with zero attached hydrogens (tertiary/aromatic N) is 2. The van der Waals surface area contributed by atoms with Crippen LogP contribution in [0.5, 0.6) is 0 Å².